The number of ether oxygens (including phenoxy) is 2. The van der Waals surface area contributed by atoms with Crippen LogP contribution in [0, 0.1) is 11.6 Å². The van der Waals surface area contributed by atoms with Gasteiger partial charge in [-0.25, -0.2) is 8.78 Å². The lowest BCUT2D eigenvalue weighted by Gasteiger charge is -2.11. The monoisotopic (exact) mass is 265 g/mol. The lowest BCUT2D eigenvalue weighted by molar-refractivity contribution is 0.294. The van der Waals surface area contributed by atoms with E-state index in [0.29, 0.717) is 11.4 Å². The van der Waals surface area contributed by atoms with E-state index in [1.165, 1.54) is 13.2 Å². The highest BCUT2D eigenvalue weighted by Crippen LogP contribution is 2.24. The van der Waals surface area contributed by atoms with Crippen molar-refractivity contribution in [3.8, 4) is 11.5 Å². The Morgan fingerprint density at radius 1 is 1.05 bits per heavy atom. The molecule has 2 aromatic rings. The number of benzene rings is 2. The summed E-state index contributed by atoms with van der Waals surface area (Å²) in [7, 11) is 1.52. The zero-order valence-electron chi connectivity index (χ0n) is 10.3. The Balaban J connectivity index is 2.12. The van der Waals surface area contributed by atoms with Gasteiger partial charge in [-0.3, -0.25) is 0 Å². The molecule has 0 unspecified atom stereocenters. The SMILES string of the molecule is COc1cc(N)ccc1COc1ccc(F)c(F)c1. The topological polar surface area (TPSA) is 44.5 Å². The maximum Gasteiger partial charge on any atom is 0.162 e. The van der Waals surface area contributed by atoms with Crippen molar-refractivity contribution >= 4 is 5.69 Å². The van der Waals surface area contributed by atoms with Crippen molar-refractivity contribution in [1.82, 2.24) is 0 Å². The van der Waals surface area contributed by atoms with Crippen LogP contribution in [-0.4, -0.2) is 7.11 Å². The molecule has 0 aromatic heterocycles. The molecule has 0 bridgehead atoms. The lowest BCUT2D eigenvalue weighted by Crippen LogP contribution is -2.00. The molecule has 0 amide bonds. The second-order valence-corrected chi connectivity index (χ2v) is 3.94. The number of nitrogen functional groups attached to an aromatic ring is 1. The van der Waals surface area contributed by atoms with E-state index in [2.05, 4.69) is 0 Å². The van der Waals surface area contributed by atoms with Gasteiger partial charge in [0, 0.05) is 23.4 Å². The first-order chi connectivity index (χ1) is 9.10. The fraction of sp³-hybridized carbons (Fsp3) is 0.143. The van der Waals surface area contributed by atoms with Gasteiger partial charge in [-0.15, -0.1) is 0 Å². The van der Waals surface area contributed by atoms with Crippen LogP contribution in [0.25, 0.3) is 0 Å². The third-order valence-electron chi connectivity index (χ3n) is 2.60. The lowest BCUT2D eigenvalue weighted by atomic mass is 10.2. The summed E-state index contributed by atoms with van der Waals surface area (Å²) in [5.74, 6) is -1.01. The average Bonchev–Trinajstić information content (AvgIpc) is 2.41. The first-order valence-corrected chi connectivity index (χ1v) is 5.60. The van der Waals surface area contributed by atoms with Crippen LogP contribution in [0.4, 0.5) is 14.5 Å². The molecule has 0 saturated heterocycles. The molecule has 2 N–H and O–H groups in total. The minimum absolute atomic E-state index is 0.175. The molecule has 0 radical (unpaired) electrons. The number of methoxy groups -OCH3 is 1. The van der Waals surface area contributed by atoms with E-state index in [0.717, 1.165) is 17.7 Å². The molecule has 0 spiro atoms. The Hall–Kier alpha value is -2.30. The van der Waals surface area contributed by atoms with E-state index in [1.54, 1.807) is 18.2 Å². The molecule has 0 aliphatic carbocycles. The van der Waals surface area contributed by atoms with Crippen LogP contribution >= 0.6 is 0 Å². The van der Waals surface area contributed by atoms with E-state index in [4.69, 9.17) is 15.2 Å². The zero-order chi connectivity index (χ0) is 13.8. The molecule has 0 saturated carbocycles. The van der Waals surface area contributed by atoms with E-state index in [1.807, 2.05) is 0 Å². The molecule has 0 aliphatic heterocycles. The van der Waals surface area contributed by atoms with Gasteiger partial charge >= 0.3 is 0 Å². The third kappa shape index (κ3) is 3.13. The number of anilines is 1. The number of nitrogens with two attached hydrogens (primary N) is 1. The van der Waals surface area contributed by atoms with Crippen molar-refractivity contribution in [3.05, 3.63) is 53.6 Å². The highest BCUT2D eigenvalue weighted by molar-refractivity contribution is 5.48. The fourth-order valence-electron chi connectivity index (χ4n) is 1.61. The second kappa shape index (κ2) is 5.56. The van der Waals surface area contributed by atoms with Gasteiger partial charge in [0.05, 0.1) is 7.11 Å². The van der Waals surface area contributed by atoms with E-state index < -0.39 is 11.6 Å². The van der Waals surface area contributed by atoms with Crippen molar-refractivity contribution in [3.63, 3.8) is 0 Å². The van der Waals surface area contributed by atoms with Crippen LogP contribution in [0.1, 0.15) is 5.56 Å². The molecule has 3 nitrogen and oxygen atoms in total. The smallest absolute Gasteiger partial charge is 0.162 e. The summed E-state index contributed by atoms with van der Waals surface area (Å²) in [5.41, 5.74) is 6.98. The predicted octanol–water partition coefficient (Wildman–Crippen LogP) is 3.13. The van der Waals surface area contributed by atoms with Crippen molar-refractivity contribution in [2.45, 2.75) is 6.61 Å². The molecule has 19 heavy (non-hydrogen) atoms. The summed E-state index contributed by atoms with van der Waals surface area (Å²) in [4.78, 5) is 0. The molecule has 2 aromatic carbocycles. The minimum Gasteiger partial charge on any atom is -0.496 e. The maximum atomic E-state index is 13.0. The third-order valence-corrected chi connectivity index (χ3v) is 2.60. The summed E-state index contributed by atoms with van der Waals surface area (Å²) in [5, 5.41) is 0. The molecule has 2 rings (SSSR count). The van der Waals surface area contributed by atoms with Crippen LogP contribution in [-0.2, 0) is 6.61 Å². The number of halogens is 2. The zero-order valence-corrected chi connectivity index (χ0v) is 10.3. The average molecular weight is 265 g/mol. The van der Waals surface area contributed by atoms with E-state index in [-0.39, 0.29) is 12.4 Å². The van der Waals surface area contributed by atoms with Crippen LogP contribution in [0.15, 0.2) is 36.4 Å². The summed E-state index contributed by atoms with van der Waals surface area (Å²) in [6.45, 7) is 0.175. The molecule has 0 heterocycles. The van der Waals surface area contributed by atoms with Gasteiger partial charge < -0.3 is 15.2 Å². The summed E-state index contributed by atoms with van der Waals surface area (Å²) >= 11 is 0. The summed E-state index contributed by atoms with van der Waals surface area (Å²) in [6.07, 6.45) is 0. The van der Waals surface area contributed by atoms with Crippen LogP contribution in [0.5, 0.6) is 11.5 Å². The van der Waals surface area contributed by atoms with Crippen LogP contribution in [0.3, 0.4) is 0 Å². The quantitative estimate of drug-likeness (QED) is 0.864. The minimum atomic E-state index is -0.943. The molecular formula is C14H13F2NO2. The molecule has 0 atom stereocenters. The van der Waals surface area contributed by atoms with Gasteiger partial charge in [-0.1, -0.05) is 0 Å². The highest BCUT2D eigenvalue weighted by Gasteiger charge is 2.06. The van der Waals surface area contributed by atoms with Crippen molar-refractivity contribution in [1.29, 1.82) is 0 Å². The Kier molecular flexibility index (Phi) is 3.85. The Bertz CT molecular complexity index is 588. The van der Waals surface area contributed by atoms with Gasteiger partial charge in [-0.2, -0.15) is 0 Å². The fourth-order valence-corrected chi connectivity index (χ4v) is 1.61. The van der Waals surface area contributed by atoms with Gasteiger partial charge in [0.15, 0.2) is 11.6 Å². The van der Waals surface area contributed by atoms with Crippen LogP contribution < -0.4 is 15.2 Å². The number of hydrogen-bond acceptors (Lipinski definition) is 3. The summed E-state index contributed by atoms with van der Waals surface area (Å²) < 4.78 is 36.3. The first-order valence-electron chi connectivity index (χ1n) is 5.60. The Labute approximate surface area is 109 Å². The van der Waals surface area contributed by atoms with E-state index in [9.17, 15) is 8.78 Å². The van der Waals surface area contributed by atoms with Gasteiger partial charge in [0.2, 0.25) is 0 Å². The van der Waals surface area contributed by atoms with Gasteiger partial charge in [-0.05, 0) is 24.3 Å². The van der Waals surface area contributed by atoms with E-state index >= 15 is 0 Å². The van der Waals surface area contributed by atoms with Gasteiger partial charge in [0.25, 0.3) is 0 Å². The van der Waals surface area contributed by atoms with Crippen molar-refractivity contribution < 1.29 is 18.3 Å². The molecule has 0 fully saturated rings. The largest absolute Gasteiger partial charge is 0.496 e. The van der Waals surface area contributed by atoms with Crippen molar-refractivity contribution in [2.24, 2.45) is 0 Å². The normalized spacial score (nSPS) is 10.3. The van der Waals surface area contributed by atoms with Crippen molar-refractivity contribution in [2.75, 3.05) is 12.8 Å². The Morgan fingerprint density at radius 3 is 2.53 bits per heavy atom. The van der Waals surface area contributed by atoms with Gasteiger partial charge in [0.1, 0.15) is 18.1 Å². The summed E-state index contributed by atoms with van der Waals surface area (Å²) in [6, 6.07) is 8.52. The highest BCUT2D eigenvalue weighted by atomic mass is 19.2. The van der Waals surface area contributed by atoms with Crippen LogP contribution in [0.2, 0.25) is 0 Å². The molecule has 0 aliphatic rings. The standard InChI is InChI=1S/C14H13F2NO2/c1-18-14-6-10(17)3-2-9(14)8-19-11-4-5-12(15)13(16)7-11/h2-7H,8,17H2,1H3. The first kappa shape index (κ1) is 13.1. The number of hydrogen-bond donors (Lipinski definition) is 1. The number of rotatable bonds is 4. The second-order valence-electron chi connectivity index (χ2n) is 3.94. The predicted molar refractivity (Wildman–Crippen MR) is 68.1 cm³/mol. The molecule has 100 valence electrons. The molecular weight excluding hydrogens is 252 g/mol. The maximum absolute atomic E-state index is 13.0. The Morgan fingerprint density at radius 2 is 1.84 bits per heavy atom. The molecule has 5 heteroatoms.